The number of piperidine rings is 1. The van der Waals surface area contributed by atoms with Crippen LogP contribution in [0.3, 0.4) is 0 Å². The van der Waals surface area contributed by atoms with E-state index in [1.807, 2.05) is 6.07 Å². The number of halogens is 1. The molecule has 2 atom stereocenters. The molecule has 2 bridgehead atoms. The number of rotatable bonds is 2. The summed E-state index contributed by atoms with van der Waals surface area (Å²) in [6.45, 7) is 2.59. The molecule has 0 amide bonds. The SMILES string of the molecule is Clc1cccc(C2CCN(C3CC4CCC(C4)C3)CC2)c1. The predicted molar refractivity (Wildman–Crippen MR) is 88.9 cm³/mol. The van der Waals surface area contributed by atoms with Gasteiger partial charge in [-0.2, -0.15) is 0 Å². The highest BCUT2D eigenvalue weighted by atomic mass is 35.5. The van der Waals surface area contributed by atoms with Crippen molar-refractivity contribution in [1.82, 2.24) is 4.90 Å². The number of hydrogen-bond donors (Lipinski definition) is 0. The first kappa shape index (κ1) is 14.1. The van der Waals surface area contributed by atoms with Gasteiger partial charge in [-0.1, -0.05) is 36.6 Å². The number of benzene rings is 1. The normalized spacial score (nSPS) is 34.2. The number of likely N-dealkylation sites (tertiary alicyclic amines) is 1. The van der Waals surface area contributed by atoms with Gasteiger partial charge in [0.2, 0.25) is 0 Å². The van der Waals surface area contributed by atoms with Gasteiger partial charge in [-0.05, 0) is 80.6 Å². The fourth-order valence-electron chi connectivity index (χ4n) is 5.13. The Kier molecular flexibility index (Phi) is 3.98. The largest absolute Gasteiger partial charge is 0.300 e. The topological polar surface area (TPSA) is 3.24 Å². The van der Waals surface area contributed by atoms with Crippen molar-refractivity contribution >= 4 is 11.6 Å². The fourth-order valence-corrected chi connectivity index (χ4v) is 5.33. The minimum atomic E-state index is 0.722. The molecule has 1 saturated heterocycles. The second-order valence-corrected chi connectivity index (χ2v) is 7.97. The smallest absolute Gasteiger partial charge is 0.0408 e. The molecule has 2 heteroatoms. The lowest BCUT2D eigenvalue weighted by atomic mass is 9.82. The minimum Gasteiger partial charge on any atom is -0.300 e. The van der Waals surface area contributed by atoms with Crippen LogP contribution in [0.25, 0.3) is 0 Å². The maximum atomic E-state index is 6.14. The third-order valence-electron chi connectivity index (χ3n) is 6.23. The summed E-state index contributed by atoms with van der Waals surface area (Å²) in [5.41, 5.74) is 1.45. The molecule has 2 saturated carbocycles. The van der Waals surface area contributed by atoms with Crippen molar-refractivity contribution in [2.75, 3.05) is 13.1 Å². The van der Waals surface area contributed by atoms with Crippen LogP contribution in [0.4, 0.5) is 0 Å². The lowest BCUT2D eigenvalue weighted by Crippen LogP contribution is -2.43. The van der Waals surface area contributed by atoms with E-state index in [1.54, 1.807) is 0 Å². The molecule has 0 spiro atoms. The third-order valence-corrected chi connectivity index (χ3v) is 6.46. The average Bonchev–Trinajstić information content (AvgIpc) is 2.86. The van der Waals surface area contributed by atoms with Gasteiger partial charge in [0.15, 0.2) is 0 Å². The highest BCUT2D eigenvalue weighted by molar-refractivity contribution is 6.30. The predicted octanol–water partition coefficient (Wildman–Crippen LogP) is 5.10. The summed E-state index contributed by atoms with van der Waals surface area (Å²) in [6.07, 6.45) is 10.2. The van der Waals surface area contributed by atoms with Gasteiger partial charge in [0.05, 0.1) is 0 Å². The van der Waals surface area contributed by atoms with Crippen molar-refractivity contribution < 1.29 is 0 Å². The molecule has 1 aliphatic heterocycles. The van der Waals surface area contributed by atoms with Crippen LogP contribution in [0.5, 0.6) is 0 Å². The molecule has 1 aromatic rings. The second-order valence-electron chi connectivity index (χ2n) is 7.54. The van der Waals surface area contributed by atoms with E-state index >= 15 is 0 Å². The standard InChI is InChI=1S/C19H26ClN/c20-18-3-1-2-17(13-18)16-6-8-21(9-7-16)19-11-14-4-5-15(10-14)12-19/h1-3,13-16,19H,4-12H2. The summed E-state index contributed by atoms with van der Waals surface area (Å²) in [5, 5.41) is 0.888. The molecule has 3 fully saturated rings. The summed E-state index contributed by atoms with van der Waals surface area (Å²) >= 11 is 6.14. The highest BCUT2D eigenvalue weighted by Crippen LogP contribution is 2.44. The molecular weight excluding hydrogens is 278 g/mol. The van der Waals surface area contributed by atoms with Crippen molar-refractivity contribution in [3.63, 3.8) is 0 Å². The quantitative estimate of drug-likeness (QED) is 0.735. The Labute approximate surface area is 133 Å². The monoisotopic (exact) mass is 303 g/mol. The molecule has 2 aliphatic carbocycles. The Morgan fingerprint density at radius 1 is 0.905 bits per heavy atom. The summed E-state index contributed by atoms with van der Waals surface area (Å²) in [5.74, 6) is 2.83. The zero-order chi connectivity index (χ0) is 14.2. The van der Waals surface area contributed by atoms with Gasteiger partial charge in [0, 0.05) is 11.1 Å². The Hall–Kier alpha value is -0.530. The van der Waals surface area contributed by atoms with Crippen LogP contribution in [0.15, 0.2) is 24.3 Å². The van der Waals surface area contributed by atoms with Gasteiger partial charge in [-0.25, -0.2) is 0 Å². The molecule has 4 rings (SSSR count). The first-order valence-corrected chi connectivity index (χ1v) is 9.15. The van der Waals surface area contributed by atoms with Crippen LogP contribution in [0.2, 0.25) is 5.02 Å². The maximum absolute atomic E-state index is 6.14. The zero-order valence-electron chi connectivity index (χ0n) is 12.8. The van der Waals surface area contributed by atoms with Crippen molar-refractivity contribution in [2.24, 2.45) is 11.8 Å². The molecule has 0 radical (unpaired) electrons. The maximum Gasteiger partial charge on any atom is 0.0408 e. The molecule has 1 heterocycles. The Bertz CT molecular complexity index is 480. The first-order chi connectivity index (χ1) is 10.3. The molecule has 2 unspecified atom stereocenters. The summed E-state index contributed by atoms with van der Waals surface area (Å²) < 4.78 is 0. The van der Waals surface area contributed by atoms with Gasteiger partial charge < -0.3 is 4.90 Å². The van der Waals surface area contributed by atoms with Gasteiger partial charge in [-0.3, -0.25) is 0 Å². The van der Waals surface area contributed by atoms with Gasteiger partial charge in [-0.15, -0.1) is 0 Å². The van der Waals surface area contributed by atoms with Gasteiger partial charge in [0.25, 0.3) is 0 Å². The third kappa shape index (κ3) is 3.00. The molecule has 114 valence electrons. The van der Waals surface area contributed by atoms with E-state index in [2.05, 4.69) is 23.1 Å². The number of nitrogens with zero attached hydrogens (tertiary/aromatic N) is 1. The van der Waals surface area contributed by atoms with E-state index in [-0.39, 0.29) is 0 Å². The summed E-state index contributed by atoms with van der Waals surface area (Å²) in [6, 6.07) is 9.41. The lowest BCUT2D eigenvalue weighted by Gasteiger charge is -2.41. The van der Waals surface area contributed by atoms with Gasteiger partial charge in [0.1, 0.15) is 0 Å². The van der Waals surface area contributed by atoms with Crippen molar-refractivity contribution in [2.45, 2.75) is 56.9 Å². The van der Waals surface area contributed by atoms with Crippen molar-refractivity contribution in [3.8, 4) is 0 Å². The molecule has 0 aromatic heterocycles. The Balaban J connectivity index is 1.36. The molecule has 1 nitrogen and oxygen atoms in total. The fraction of sp³-hybridized carbons (Fsp3) is 0.684. The van der Waals surface area contributed by atoms with Crippen molar-refractivity contribution in [3.05, 3.63) is 34.9 Å². The first-order valence-electron chi connectivity index (χ1n) is 8.77. The summed E-state index contributed by atoms with van der Waals surface area (Å²) in [7, 11) is 0. The number of fused-ring (bicyclic) bond motifs is 2. The second kappa shape index (κ2) is 5.93. The van der Waals surface area contributed by atoms with Crippen LogP contribution < -0.4 is 0 Å². The highest BCUT2D eigenvalue weighted by Gasteiger charge is 2.37. The van der Waals surface area contributed by atoms with E-state index in [4.69, 9.17) is 11.6 Å². The van der Waals surface area contributed by atoms with Gasteiger partial charge >= 0.3 is 0 Å². The number of hydrogen-bond acceptors (Lipinski definition) is 1. The van der Waals surface area contributed by atoms with E-state index in [1.165, 1.54) is 63.6 Å². The van der Waals surface area contributed by atoms with E-state index < -0.39 is 0 Å². The van der Waals surface area contributed by atoms with Crippen molar-refractivity contribution in [1.29, 1.82) is 0 Å². The molecular formula is C19H26ClN. The van der Waals surface area contributed by atoms with Crippen LogP contribution >= 0.6 is 11.6 Å². The van der Waals surface area contributed by atoms with E-state index in [9.17, 15) is 0 Å². The van der Waals surface area contributed by atoms with Crippen LogP contribution in [-0.4, -0.2) is 24.0 Å². The Morgan fingerprint density at radius 2 is 1.62 bits per heavy atom. The zero-order valence-corrected chi connectivity index (χ0v) is 13.6. The lowest BCUT2D eigenvalue weighted by molar-refractivity contribution is 0.0984. The molecule has 21 heavy (non-hydrogen) atoms. The average molecular weight is 304 g/mol. The van der Waals surface area contributed by atoms with Crippen LogP contribution in [0.1, 0.15) is 56.4 Å². The Morgan fingerprint density at radius 3 is 2.29 bits per heavy atom. The molecule has 1 aromatic carbocycles. The molecule has 0 N–H and O–H groups in total. The van der Waals surface area contributed by atoms with E-state index in [0.717, 1.165) is 28.8 Å². The molecule has 3 aliphatic rings. The van der Waals surface area contributed by atoms with Crippen LogP contribution in [-0.2, 0) is 0 Å². The van der Waals surface area contributed by atoms with E-state index in [0.29, 0.717) is 0 Å². The minimum absolute atomic E-state index is 0.722. The van der Waals surface area contributed by atoms with Crippen LogP contribution in [0, 0.1) is 11.8 Å². The summed E-state index contributed by atoms with van der Waals surface area (Å²) in [4.78, 5) is 2.81.